The summed E-state index contributed by atoms with van der Waals surface area (Å²) in [5.74, 6) is 0.674. The van der Waals surface area contributed by atoms with Crippen LogP contribution in [0, 0.1) is 5.82 Å². The fourth-order valence-electron chi connectivity index (χ4n) is 2.42. The molecule has 1 amide bonds. The third-order valence-corrected chi connectivity index (χ3v) is 3.62. The maximum Gasteiger partial charge on any atom is 0.221 e. The number of nitrogens with zero attached hydrogens (tertiary/aromatic N) is 1. The van der Waals surface area contributed by atoms with Gasteiger partial charge in [0, 0.05) is 32.3 Å². The highest BCUT2D eigenvalue weighted by atomic mass is 127. The summed E-state index contributed by atoms with van der Waals surface area (Å²) >= 11 is 0. The van der Waals surface area contributed by atoms with Crippen LogP contribution < -0.4 is 20.7 Å². The van der Waals surface area contributed by atoms with Crippen LogP contribution in [0.1, 0.15) is 19.4 Å². The van der Waals surface area contributed by atoms with E-state index in [-0.39, 0.29) is 41.8 Å². The Hall–Kier alpha value is -2.36. The maximum absolute atomic E-state index is 13.2. The molecule has 0 aliphatic rings. The molecule has 0 saturated carbocycles. The van der Waals surface area contributed by atoms with Crippen molar-refractivity contribution >= 4 is 41.5 Å². The second-order valence-electron chi connectivity index (χ2n) is 6.07. The zero-order valence-corrected chi connectivity index (χ0v) is 18.5. The van der Waals surface area contributed by atoms with Gasteiger partial charge in [0.1, 0.15) is 17.7 Å². The van der Waals surface area contributed by atoms with E-state index < -0.39 is 0 Å². The van der Waals surface area contributed by atoms with Crippen molar-refractivity contribution in [3.63, 3.8) is 0 Å². The summed E-state index contributed by atoms with van der Waals surface area (Å²) in [5, 5.41) is 9.13. The summed E-state index contributed by atoms with van der Waals surface area (Å²) in [6.07, 6.45) is -0.173. The molecule has 1 unspecified atom stereocenters. The van der Waals surface area contributed by atoms with Crippen LogP contribution in [-0.2, 0) is 11.3 Å². The molecule has 0 aliphatic carbocycles. The van der Waals surface area contributed by atoms with Gasteiger partial charge in [-0.05, 0) is 36.8 Å². The smallest absolute Gasteiger partial charge is 0.221 e. The Labute approximate surface area is 182 Å². The lowest BCUT2D eigenvalue weighted by atomic mass is 10.2. The number of benzene rings is 2. The van der Waals surface area contributed by atoms with Crippen LogP contribution in [0.3, 0.4) is 0 Å². The first kappa shape index (κ1) is 23.7. The topological polar surface area (TPSA) is 74.8 Å². The number of carbonyl (C=O) groups excluding carboxylic acids is 1. The molecule has 8 heteroatoms. The summed E-state index contributed by atoms with van der Waals surface area (Å²) < 4.78 is 18.9. The quantitative estimate of drug-likeness (QED) is 0.309. The molecule has 0 saturated heterocycles. The average molecular weight is 500 g/mol. The number of amides is 1. The summed E-state index contributed by atoms with van der Waals surface area (Å²) in [7, 11) is 1.68. The molecule has 0 spiro atoms. The molecule has 1 atom stereocenters. The van der Waals surface area contributed by atoms with E-state index in [4.69, 9.17) is 4.74 Å². The number of halogens is 2. The lowest BCUT2D eigenvalue weighted by molar-refractivity contribution is -0.114. The van der Waals surface area contributed by atoms with Gasteiger partial charge in [-0.15, -0.1) is 24.0 Å². The van der Waals surface area contributed by atoms with Crippen molar-refractivity contribution in [2.24, 2.45) is 4.99 Å². The van der Waals surface area contributed by atoms with Gasteiger partial charge in [-0.3, -0.25) is 9.79 Å². The van der Waals surface area contributed by atoms with Crippen molar-refractivity contribution in [1.82, 2.24) is 10.6 Å². The number of rotatable bonds is 7. The Bertz CT molecular complexity index is 801. The van der Waals surface area contributed by atoms with Crippen LogP contribution in [0.5, 0.6) is 5.75 Å². The average Bonchev–Trinajstić information content (AvgIpc) is 2.61. The van der Waals surface area contributed by atoms with Crippen LogP contribution in [0.15, 0.2) is 53.5 Å². The van der Waals surface area contributed by atoms with E-state index in [2.05, 4.69) is 20.9 Å². The molecule has 0 aromatic heterocycles. The van der Waals surface area contributed by atoms with E-state index in [1.807, 2.05) is 31.2 Å². The fourth-order valence-corrected chi connectivity index (χ4v) is 2.42. The molecular weight excluding hydrogens is 474 g/mol. The van der Waals surface area contributed by atoms with Crippen molar-refractivity contribution < 1.29 is 13.9 Å². The molecule has 3 N–H and O–H groups in total. The van der Waals surface area contributed by atoms with Crippen molar-refractivity contribution in [2.75, 3.05) is 18.9 Å². The van der Waals surface area contributed by atoms with Crippen molar-refractivity contribution in [3.05, 3.63) is 59.9 Å². The number of hydrogen-bond acceptors (Lipinski definition) is 3. The molecular formula is C20H26FIN4O2. The van der Waals surface area contributed by atoms with Crippen LogP contribution in [0.4, 0.5) is 10.1 Å². The van der Waals surface area contributed by atoms with Crippen LogP contribution in [0.25, 0.3) is 0 Å². The molecule has 2 aromatic carbocycles. The van der Waals surface area contributed by atoms with Gasteiger partial charge in [0.2, 0.25) is 5.91 Å². The number of hydrogen-bond donors (Lipinski definition) is 3. The van der Waals surface area contributed by atoms with Crippen molar-refractivity contribution in [2.45, 2.75) is 26.5 Å². The Balaban J connectivity index is 0.00000392. The molecule has 0 fully saturated rings. The molecule has 28 heavy (non-hydrogen) atoms. The number of carbonyl (C=O) groups is 1. The zero-order valence-electron chi connectivity index (χ0n) is 16.2. The fraction of sp³-hybridized carbons (Fsp3) is 0.300. The minimum Gasteiger partial charge on any atom is -0.489 e. The highest BCUT2D eigenvalue weighted by Gasteiger charge is 2.07. The van der Waals surface area contributed by atoms with E-state index in [0.717, 1.165) is 11.3 Å². The summed E-state index contributed by atoms with van der Waals surface area (Å²) in [4.78, 5) is 15.3. The van der Waals surface area contributed by atoms with Gasteiger partial charge in [0.25, 0.3) is 0 Å². The molecule has 0 bridgehead atoms. The molecule has 0 radical (unpaired) electrons. The molecule has 152 valence electrons. The molecule has 0 aliphatic heterocycles. The Morgan fingerprint density at radius 2 is 1.93 bits per heavy atom. The van der Waals surface area contributed by atoms with Gasteiger partial charge in [-0.1, -0.05) is 18.2 Å². The third-order valence-electron chi connectivity index (χ3n) is 3.62. The van der Waals surface area contributed by atoms with Gasteiger partial charge in [0.15, 0.2) is 5.96 Å². The van der Waals surface area contributed by atoms with Crippen LogP contribution >= 0.6 is 24.0 Å². The SMILES string of the molecule is CN=C(NCc1cccc(NC(C)=O)c1)NCC(C)Oc1cccc(F)c1.I. The second kappa shape index (κ2) is 12.2. The number of anilines is 1. The van der Waals surface area contributed by atoms with Crippen LogP contribution in [0.2, 0.25) is 0 Å². The van der Waals surface area contributed by atoms with E-state index in [1.54, 1.807) is 19.2 Å². The Kier molecular flexibility index (Phi) is 10.3. The third kappa shape index (κ3) is 8.55. The van der Waals surface area contributed by atoms with E-state index >= 15 is 0 Å². The second-order valence-corrected chi connectivity index (χ2v) is 6.07. The van der Waals surface area contributed by atoms with E-state index in [9.17, 15) is 9.18 Å². The number of ether oxygens (including phenoxy) is 1. The van der Waals surface area contributed by atoms with Crippen molar-refractivity contribution in [1.29, 1.82) is 0 Å². The zero-order chi connectivity index (χ0) is 19.6. The normalized spacial score (nSPS) is 11.8. The lowest BCUT2D eigenvalue weighted by Gasteiger charge is -2.18. The highest BCUT2D eigenvalue weighted by molar-refractivity contribution is 14.0. The Morgan fingerprint density at radius 3 is 2.61 bits per heavy atom. The van der Waals surface area contributed by atoms with Crippen molar-refractivity contribution in [3.8, 4) is 5.75 Å². The maximum atomic E-state index is 13.2. The molecule has 2 aromatic rings. The minimum atomic E-state index is -0.327. The standard InChI is InChI=1S/C20H25FN4O2.HI/c1-14(27-19-9-5-7-17(21)11-19)12-23-20(22-3)24-13-16-6-4-8-18(10-16)25-15(2)26;/h4-11,14H,12-13H2,1-3H3,(H,25,26)(H2,22,23,24);1H. The highest BCUT2D eigenvalue weighted by Crippen LogP contribution is 2.13. The summed E-state index contributed by atoms with van der Waals surface area (Å²) in [5.41, 5.74) is 1.76. The van der Waals surface area contributed by atoms with Gasteiger partial charge in [-0.2, -0.15) is 0 Å². The molecule has 0 heterocycles. The van der Waals surface area contributed by atoms with Gasteiger partial charge in [-0.25, -0.2) is 4.39 Å². The van der Waals surface area contributed by atoms with E-state index in [1.165, 1.54) is 19.1 Å². The monoisotopic (exact) mass is 500 g/mol. The number of aliphatic imine (C=N–C) groups is 1. The number of nitrogens with one attached hydrogen (secondary N) is 3. The van der Waals surface area contributed by atoms with Gasteiger partial charge in [0.05, 0.1) is 6.54 Å². The van der Waals surface area contributed by atoms with Gasteiger partial charge < -0.3 is 20.7 Å². The predicted molar refractivity (Wildman–Crippen MR) is 121 cm³/mol. The van der Waals surface area contributed by atoms with Gasteiger partial charge >= 0.3 is 0 Å². The summed E-state index contributed by atoms with van der Waals surface area (Å²) in [6, 6.07) is 13.6. The first-order valence-corrected chi connectivity index (χ1v) is 8.69. The molecule has 2 rings (SSSR count). The minimum absolute atomic E-state index is 0. The lowest BCUT2D eigenvalue weighted by Crippen LogP contribution is -2.41. The first-order chi connectivity index (χ1) is 13.0. The van der Waals surface area contributed by atoms with Crippen LogP contribution in [-0.4, -0.2) is 31.6 Å². The largest absolute Gasteiger partial charge is 0.489 e. The number of guanidine groups is 1. The first-order valence-electron chi connectivity index (χ1n) is 8.69. The molecule has 6 nitrogen and oxygen atoms in total. The summed E-state index contributed by atoms with van der Waals surface area (Å²) in [6.45, 7) is 4.42. The van der Waals surface area contributed by atoms with E-state index in [0.29, 0.717) is 24.8 Å². The predicted octanol–water partition coefficient (Wildman–Crippen LogP) is 3.53. The Morgan fingerprint density at radius 1 is 1.18 bits per heavy atom.